The van der Waals surface area contributed by atoms with Gasteiger partial charge in [0.15, 0.2) is 0 Å². The molecule has 2 unspecified atom stereocenters. The van der Waals surface area contributed by atoms with Gasteiger partial charge in [-0.05, 0) is 18.6 Å². The minimum Gasteiger partial charge on any atom is -0.480 e. The Bertz CT molecular complexity index is 274. The van der Waals surface area contributed by atoms with E-state index in [4.69, 9.17) is 5.11 Å². The summed E-state index contributed by atoms with van der Waals surface area (Å²) in [7, 11) is 0. The number of carbonyl (C=O) groups is 2. The molecule has 0 aromatic rings. The van der Waals surface area contributed by atoms with Gasteiger partial charge in [0.2, 0.25) is 0 Å². The van der Waals surface area contributed by atoms with Crippen LogP contribution in [0, 0.1) is 5.92 Å². The molecule has 0 rings (SSSR count). The molecule has 0 aliphatic carbocycles. The van der Waals surface area contributed by atoms with Crippen molar-refractivity contribution in [2.45, 2.75) is 44.9 Å². The number of urea groups is 1. The van der Waals surface area contributed by atoms with Crippen LogP contribution in [-0.2, 0) is 4.79 Å². The van der Waals surface area contributed by atoms with E-state index in [1.54, 1.807) is 11.8 Å². The Morgan fingerprint density at radius 1 is 1.33 bits per heavy atom. The third-order valence-corrected chi connectivity index (χ3v) is 4.04. The normalized spacial score (nSPS) is 15.6. The van der Waals surface area contributed by atoms with Gasteiger partial charge in [-0.1, -0.05) is 27.2 Å². The third-order valence-electron chi connectivity index (χ3n) is 3.00. The molecule has 3 N–H and O–H groups in total. The SMILES string of the molecule is CCC(C)[C@H](NC(=O)NCCC(C)SC)C(=O)O. The minimum atomic E-state index is -0.989. The van der Waals surface area contributed by atoms with Gasteiger partial charge in [-0.3, -0.25) is 0 Å². The molecule has 0 fully saturated rings. The summed E-state index contributed by atoms with van der Waals surface area (Å²) in [5, 5.41) is 14.7. The first kappa shape index (κ1) is 17.1. The number of hydrogen-bond donors (Lipinski definition) is 3. The first-order valence-electron chi connectivity index (χ1n) is 6.22. The largest absolute Gasteiger partial charge is 0.480 e. The lowest BCUT2D eigenvalue weighted by molar-refractivity contribution is -0.140. The molecule has 0 bridgehead atoms. The molecule has 2 amide bonds. The van der Waals surface area contributed by atoms with Crippen LogP contribution in [0.15, 0.2) is 0 Å². The van der Waals surface area contributed by atoms with Crippen LogP contribution in [-0.4, -0.2) is 41.2 Å². The Hall–Kier alpha value is -0.910. The molecule has 0 radical (unpaired) electrons. The zero-order valence-corrected chi connectivity index (χ0v) is 12.3. The Morgan fingerprint density at radius 3 is 2.39 bits per heavy atom. The highest BCUT2D eigenvalue weighted by Gasteiger charge is 2.24. The monoisotopic (exact) mass is 276 g/mol. The topological polar surface area (TPSA) is 78.4 Å². The second-order valence-electron chi connectivity index (χ2n) is 4.44. The van der Waals surface area contributed by atoms with E-state index in [2.05, 4.69) is 17.6 Å². The zero-order valence-electron chi connectivity index (χ0n) is 11.5. The van der Waals surface area contributed by atoms with Crippen LogP contribution in [0.2, 0.25) is 0 Å². The molecule has 3 atom stereocenters. The van der Waals surface area contributed by atoms with Crippen molar-refractivity contribution in [2.75, 3.05) is 12.8 Å². The summed E-state index contributed by atoms with van der Waals surface area (Å²) in [6.45, 7) is 6.36. The summed E-state index contributed by atoms with van der Waals surface area (Å²) < 4.78 is 0. The molecule has 0 aliphatic rings. The van der Waals surface area contributed by atoms with Gasteiger partial charge in [0, 0.05) is 11.8 Å². The number of carboxylic acids is 1. The standard InChI is InChI=1S/C12H24N2O3S/c1-5-8(2)10(11(15)16)14-12(17)13-7-6-9(3)18-4/h8-10H,5-7H2,1-4H3,(H,15,16)(H2,13,14,17)/t8?,9?,10-/m0/s1. The molecule has 0 saturated carbocycles. The second-order valence-corrected chi connectivity index (χ2v) is 5.71. The lowest BCUT2D eigenvalue weighted by Crippen LogP contribution is -2.49. The molecular weight excluding hydrogens is 252 g/mol. The summed E-state index contributed by atoms with van der Waals surface area (Å²) >= 11 is 1.74. The fourth-order valence-corrected chi connectivity index (χ4v) is 1.74. The smallest absolute Gasteiger partial charge is 0.326 e. The predicted octanol–water partition coefficient (Wildman–Crippen LogP) is 1.93. The number of thioether (sulfide) groups is 1. The van der Waals surface area contributed by atoms with Crippen LogP contribution in [0.3, 0.4) is 0 Å². The Labute approximate surface area is 113 Å². The molecule has 0 saturated heterocycles. The summed E-state index contributed by atoms with van der Waals surface area (Å²) in [5.41, 5.74) is 0. The van der Waals surface area contributed by atoms with Gasteiger partial charge in [-0.2, -0.15) is 11.8 Å². The first-order chi connectivity index (χ1) is 8.42. The highest BCUT2D eigenvalue weighted by atomic mass is 32.2. The Kier molecular flexibility index (Phi) is 8.62. The molecule has 6 heteroatoms. The maximum absolute atomic E-state index is 11.6. The van der Waals surface area contributed by atoms with Crippen molar-refractivity contribution in [1.29, 1.82) is 0 Å². The Balaban J connectivity index is 4.07. The summed E-state index contributed by atoms with van der Waals surface area (Å²) in [4.78, 5) is 22.6. The maximum atomic E-state index is 11.6. The van der Waals surface area contributed by atoms with Crippen LogP contribution >= 0.6 is 11.8 Å². The van der Waals surface area contributed by atoms with Gasteiger partial charge in [0.25, 0.3) is 0 Å². The van der Waals surface area contributed by atoms with Gasteiger partial charge in [0.05, 0.1) is 0 Å². The molecule has 106 valence electrons. The van der Waals surface area contributed by atoms with Crippen molar-refractivity contribution in [2.24, 2.45) is 5.92 Å². The van der Waals surface area contributed by atoms with Gasteiger partial charge >= 0.3 is 12.0 Å². The quantitative estimate of drug-likeness (QED) is 0.633. The molecule has 5 nitrogen and oxygen atoms in total. The van der Waals surface area contributed by atoms with E-state index in [-0.39, 0.29) is 5.92 Å². The van der Waals surface area contributed by atoms with E-state index < -0.39 is 18.0 Å². The number of amides is 2. The molecular formula is C12H24N2O3S. The molecule has 0 spiro atoms. The fourth-order valence-electron chi connectivity index (χ4n) is 1.38. The van der Waals surface area contributed by atoms with Crippen molar-refractivity contribution in [1.82, 2.24) is 10.6 Å². The van der Waals surface area contributed by atoms with Crippen molar-refractivity contribution >= 4 is 23.8 Å². The van der Waals surface area contributed by atoms with Gasteiger partial charge in [-0.25, -0.2) is 9.59 Å². The van der Waals surface area contributed by atoms with Crippen molar-refractivity contribution in [3.8, 4) is 0 Å². The van der Waals surface area contributed by atoms with E-state index in [1.807, 2.05) is 20.1 Å². The minimum absolute atomic E-state index is 0.0848. The number of hydrogen-bond acceptors (Lipinski definition) is 3. The highest BCUT2D eigenvalue weighted by Crippen LogP contribution is 2.09. The number of carboxylic acid groups (broad SMARTS) is 1. The van der Waals surface area contributed by atoms with E-state index in [0.717, 1.165) is 6.42 Å². The highest BCUT2D eigenvalue weighted by molar-refractivity contribution is 7.99. The van der Waals surface area contributed by atoms with Crippen LogP contribution in [0.4, 0.5) is 4.79 Å². The molecule has 0 aliphatic heterocycles. The van der Waals surface area contributed by atoms with Crippen LogP contribution in [0.25, 0.3) is 0 Å². The van der Waals surface area contributed by atoms with Gasteiger partial charge in [-0.15, -0.1) is 0 Å². The number of aliphatic carboxylic acids is 1. The van der Waals surface area contributed by atoms with Gasteiger partial charge < -0.3 is 15.7 Å². The second kappa shape index (κ2) is 9.08. The molecule has 0 aromatic carbocycles. The van der Waals surface area contributed by atoms with Crippen LogP contribution < -0.4 is 10.6 Å². The average molecular weight is 276 g/mol. The van der Waals surface area contributed by atoms with Crippen LogP contribution in [0.1, 0.15) is 33.6 Å². The zero-order chi connectivity index (χ0) is 14.1. The number of nitrogens with one attached hydrogen (secondary N) is 2. The summed E-state index contributed by atoms with van der Waals surface area (Å²) in [6.07, 6.45) is 3.60. The fraction of sp³-hybridized carbons (Fsp3) is 0.833. The maximum Gasteiger partial charge on any atom is 0.326 e. The average Bonchev–Trinajstić information content (AvgIpc) is 2.34. The number of rotatable bonds is 8. The molecule has 0 aromatic heterocycles. The lowest BCUT2D eigenvalue weighted by Gasteiger charge is -2.20. The lowest BCUT2D eigenvalue weighted by atomic mass is 9.99. The number of carbonyl (C=O) groups excluding carboxylic acids is 1. The van der Waals surface area contributed by atoms with Crippen molar-refractivity contribution in [3.63, 3.8) is 0 Å². The summed E-state index contributed by atoms with van der Waals surface area (Å²) in [5.74, 6) is -1.07. The van der Waals surface area contributed by atoms with E-state index >= 15 is 0 Å². The van der Waals surface area contributed by atoms with E-state index in [0.29, 0.717) is 18.2 Å². The summed E-state index contributed by atoms with van der Waals surface area (Å²) in [6, 6.07) is -1.23. The van der Waals surface area contributed by atoms with Crippen molar-refractivity contribution in [3.05, 3.63) is 0 Å². The van der Waals surface area contributed by atoms with Crippen LogP contribution in [0.5, 0.6) is 0 Å². The van der Waals surface area contributed by atoms with Gasteiger partial charge in [0.1, 0.15) is 6.04 Å². The van der Waals surface area contributed by atoms with Crippen molar-refractivity contribution < 1.29 is 14.7 Å². The molecule has 18 heavy (non-hydrogen) atoms. The Morgan fingerprint density at radius 2 is 1.94 bits per heavy atom. The third kappa shape index (κ3) is 6.74. The van der Waals surface area contributed by atoms with E-state index in [9.17, 15) is 9.59 Å². The first-order valence-corrected chi connectivity index (χ1v) is 7.51. The van der Waals surface area contributed by atoms with E-state index in [1.165, 1.54) is 0 Å². The molecule has 0 heterocycles. The predicted molar refractivity (Wildman–Crippen MR) is 75.0 cm³/mol.